The Hall–Kier alpha value is -1.57. The fraction of sp³-hybridized carbons (Fsp3) is 0.556. The number of hydrogen-bond donors (Lipinski definition) is 2. The molecule has 1 rings (SSSR count). The fourth-order valence-electron chi connectivity index (χ4n) is 1.26. The molecule has 5 nitrogen and oxygen atoms in total. The molecular weight excluding hydrogens is 237 g/mol. The lowest BCUT2D eigenvalue weighted by Crippen LogP contribution is -2.36. The van der Waals surface area contributed by atoms with Crippen LogP contribution in [0.2, 0.25) is 0 Å². The number of aliphatic hydroxyl groups excluding tert-OH is 1. The van der Waals surface area contributed by atoms with E-state index in [2.05, 4.69) is 15.3 Å². The SMILES string of the molecule is CNc1nccc(N(CCO)CC(F)(F)F)n1. The van der Waals surface area contributed by atoms with Gasteiger partial charge in [-0.15, -0.1) is 0 Å². The minimum atomic E-state index is -4.35. The van der Waals surface area contributed by atoms with Gasteiger partial charge in [-0.25, -0.2) is 4.98 Å². The molecule has 1 aromatic heterocycles. The maximum atomic E-state index is 12.3. The van der Waals surface area contributed by atoms with Crippen molar-refractivity contribution in [1.82, 2.24) is 9.97 Å². The third kappa shape index (κ3) is 4.43. The molecule has 0 aliphatic heterocycles. The van der Waals surface area contributed by atoms with Gasteiger partial charge in [0, 0.05) is 19.8 Å². The van der Waals surface area contributed by atoms with Crippen LogP contribution in [-0.4, -0.2) is 48.0 Å². The quantitative estimate of drug-likeness (QED) is 0.812. The molecule has 8 heteroatoms. The molecule has 0 spiro atoms. The molecule has 0 saturated heterocycles. The van der Waals surface area contributed by atoms with E-state index in [1.165, 1.54) is 12.3 Å². The Morgan fingerprint density at radius 1 is 1.47 bits per heavy atom. The number of hydrogen-bond acceptors (Lipinski definition) is 5. The fourth-order valence-corrected chi connectivity index (χ4v) is 1.26. The van der Waals surface area contributed by atoms with Crippen LogP contribution in [0.1, 0.15) is 0 Å². The molecule has 2 N–H and O–H groups in total. The van der Waals surface area contributed by atoms with Crippen molar-refractivity contribution >= 4 is 11.8 Å². The molecule has 0 radical (unpaired) electrons. The molecule has 0 saturated carbocycles. The number of nitrogens with zero attached hydrogens (tertiary/aromatic N) is 3. The number of anilines is 2. The summed E-state index contributed by atoms with van der Waals surface area (Å²) < 4.78 is 36.9. The van der Waals surface area contributed by atoms with Crippen LogP contribution in [0.4, 0.5) is 24.9 Å². The second-order valence-electron chi connectivity index (χ2n) is 3.25. The lowest BCUT2D eigenvalue weighted by atomic mass is 10.4. The molecular formula is C9H13F3N4O. The molecule has 1 heterocycles. The standard InChI is InChI=1S/C9H13F3N4O/c1-13-8-14-3-2-7(15-8)16(4-5-17)6-9(10,11)12/h2-3,17H,4-6H2,1H3,(H,13,14,15). The molecule has 0 fully saturated rings. The second kappa shape index (κ2) is 5.67. The Kier molecular flexibility index (Phi) is 4.50. The van der Waals surface area contributed by atoms with Crippen molar-refractivity contribution < 1.29 is 18.3 Å². The monoisotopic (exact) mass is 250 g/mol. The van der Waals surface area contributed by atoms with Crippen LogP contribution in [0, 0.1) is 0 Å². The summed E-state index contributed by atoms with van der Waals surface area (Å²) in [5.41, 5.74) is 0. The average molecular weight is 250 g/mol. The number of nitrogens with one attached hydrogen (secondary N) is 1. The van der Waals surface area contributed by atoms with Crippen molar-refractivity contribution in [2.24, 2.45) is 0 Å². The highest BCUT2D eigenvalue weighted by atomic mass is 19.4. The van der Waals surface area contributed by atoms with E-state index in [1.807, 2.05) is 0 Å². The van der Waals surface area contributed by atoms with Gasteiger partial charge in [-0.2, -0.15) is 18.2 Å². The molecule has 1 aromatic rings. The normalized spacial score (nSPS) is 11.4. The van der Waals surface area contributed by atoms with Crippen LogP contribution in [0.15, 0.2) is 12.3 Å². The second-order valence-corrected chi connectivity index (χ2v) is 3.25. The lowest BCUT2D eigenvalue weighted by Gasteiger charge is -2.24. The van der Waals surface area contributed by atoms with Gasteiger partial charge in [0.15, 0.2) is 0 Å². The van der Waals surface area contributed by atoms with E-state index in [0.717, 1.165) is 4.90 Å². The molecule has 0 aliphatic carbocycles. The summed E-state index contributed by atoms with van der Waals surface area (Å²) in [5.74, 6) is 0.350. The predicted molar refractivity (Wildman–Crippen MR) is 56.9 cm³/mol. The van der Waals surface area contributed by atoms with Gasteiger partial charge in [-0.1, -0.05) is 0 Å². The van der Waals surface area contributed by atoms with Crippen LogP contribution >= 0.6 is 0 Å². The smallest absolute Gasteiger partial charge is 0.395 e. The molecule has 17 heavy (non-hydrogen) atoms. The Morgan fingerprint density at radius 3 is 2.71 bits per heavy atom. The van der Waals surface area contributed by atoms with Crippen LogP contribution in [0.25, 0.3) is 0 Å². The molecule has 96 valence electrons. The van der Waals surface area contributed by atoms with Crippen molar-refractivity contribution in [1.29, 1.82) is 0 Å². The van der Waals surface area contributed by atoms with Gasteiger partial charge < -0.3 is 15.3 Å². The number of halogens is 3. The van der Waals surface area contributed by atoms with E-state index in [9.17, 15) is 13.2 Å². The zero-order chi connectivity index (χ0) is 12.9. The third-order valence-corrected chi connectivity index (χ3v) is 1.93. The summed E-state index contributed by atoms with van der Waals surface area (Å²) in [6.07, 6.45) is -2.99. The van der Waals surface area contributed by atoms with Gasteiger partial charge in [0.25, 0.3) is 0 Å². The number of aliphatic hydroxyl groups is 1. The third-order valence-electron chi connectivity index (χ3n) is 1.93. The molecule has 0 aromatic carbocycles. The first kappa shape index (κ1) is 13.5. The first-order valence-electron chi connectivity index (χ1n) is 4.89. The van der Waals surface area contributed by atoms with Crippen molar-refractivity contribution in [3.05, 3.63) is 12.3 Å². The first-order chi connectivity index (χ1) is 7.96. The van der Waals surface area contributed by atoms with E-state index in [-0.39, 0.29) is 24.9 Å². The Morgan fingerprint density at radius 2 is 2.18 bits per heavy atom. The average Bonchev–Trinajstić information content (AvgIpc) is 2.27. The molecule has 0 atom stereocenters. The highest BCUT2D eigenvalue weighted by Crippen LogP contribution is 2.20. The van der Waals surface area contributed by atoms with Gasteiger partial charge in [-0.3, -0.25) is 0 Å². The summed E-state index contributed by atoms with van der Waals surface area (Å²) in [7, 11) is 1.57. The minimum absolute atomic E-state index is 0.121. The minimum Gasteiger partial charge on any atom is -0.395 e. The van der Waals surface area contributed by atoms with Crippen molar-refractivity contribution in [2.75, 3.05) is 37.0 Å². The van der Waals surface area contributed by atoms with E-state index < -0.39 is 12.7 Å². The molecule has 0 aliphatic rings. The summed E-state index contributed by atoms with van der Waals surface area (Å²) in [4.78, 5) is 8.64. The maximum Gasteiger partial charge on any atom is 0.405 e. The summed E-state index contributed by atoms with van der Waals surface area (Å²) in [6.45, 7) is -1.68. The van der Waals surface area contributed by atoms with Crippen molar-refractivity contribution in [3.8, 4) is 0 Å². The maximum absolute atomic E-state index is 12.3. The van der Waals surface area contributed by atoms with Gasteiger partial charge in [0.2, 0.25) is 5.95 Å². The zero-order valence-corrected chi connectivity index (χ0v) is 9.20. The highest BCUT2D eigenvalue weighted by molar-refractivity contribution is 5.42. The Bertz CT molecular complexity index is 358. The van der Waals surface area contributed by atoms with Crippen LogP contribution in [0.3, 0.4) is 0 Å². The lowest BCUT2D eigenvalue weighted by molar-refractivity contribution is -0.120. The summed E-state index contributed by atoms with van der Waals surface area (Å²) in [6, 6.07) is 1.36. The van der Waals surface area contributed by atoms with Gasteiger partial charge in [-0.05, 0) is 6.07 Å². The summed E-state index contributed by atoms with van der Waals surface area (Å²) >= 11 is 0. The Labute approximate surface area is 96.3 Å². The molecule has 0 unspecified atom stereocenters. The van der Waals surface area contributed by atoms with Gasteiger partial charge in [0.05, 0.1) is 6.61 Å². The van der Waals surface area contributed by atoms with E-state index in [1.54, 1.807) is 7.05 Å². The zero-order valence-electron chi connectivity index (χ0n) is 9.20. The number of alkyl halides is 3. The first-order valence-corrected chi connectivity index (χ1v) is 4.89. The molecule has 0 bridgehead atoms. The Balaban J connectivity index is 2.88. The van der Waals surface area contributed by atoms with E-state index in [0.29, 0.717) is 0 Å². The largest absolute Gasteiger partial charge is 0.405 e. The number of rotatable bonds is 5. The van der Waals surface area contributed by atoms with E-state index in [4.69, 9.17) is 5.11 Å². The predicted octanol–water partition coefficient (Wildman–Crippen LogP) is 0.879. The van der Waals surface area contributed by atoms with Gasteiger partial charge >= 0.3 is 6.18 Å². The van der Waals surface area contributed by atoms with Crippen LogP contribution in [-0.2, 0) is 0 Å². The molecule has 0 amide bonds. The summed E-state index contributed by atoms with van der Waals surface area (Å²) in [5, 5.41) is 11.4. The number of aromatic nitrogens is 2. The highest BCUT2D eigenvalue weighted by Gasteiger charge is 2.31. The topological polar surface area (TPSA) is 61.3 Å². The van der Waals surface area contributed by atoms with Crippen molar-refractivity contribution in [3.63, 3.8) is 0 Å². The van der Waals surface area contributed by atoms with Crippen molar-refractivity contribution in [2.45, 2.75) is 6.18 Å². The van der Waals surface area contributed by atoms with Crippen LogP contribution in [0.5, 0.6) is 0 Å². The van der Waals surface area contributed by atoms with Gasteiger partial charge in [0.1, 0.15) is 12.4 Å². The van der Waals surface area contributed by atoms with E-state index >= 15 is 0 Å². The van der Waals surface area contributed by atoms with Crippen LogP contribution < -0.4 is 10.2 Å².